The summed E-state index contributed by atoms with van der Waals surface area (Å²) in [5, 5.41) is 115. The van der Waals surface area contributed by atoms with Crippen molar-refractivity contribution in [3.63, 3.8) is 0 Å². The summed E-state index contributed by atoms with van der Waals surface area (Å²) in [5.74, 6) is 1.74. The first kappa shape index (κ1) is 97.9. The van der Waals surface area contributed by atoms with Crippen LogP contribution in [0.2, 0.25) is 0 Å². The lowest BCUT2D eigenvalue weighted by atomic mass is 9.86. The monoisotopic (exact) mass is 1960 g/mol. The van der Waals surface area contributed by atoms with Crippen LogP contribution in [0.1, 0.15) is 100 Å². The highest BCUT2D eigenvalue weighted by Gasteiger charge is 2.42. The molecule has 17 heteroatoms. The van der Waals surface area contributed by atoms with Gasteiger partial charge in [0.1, 0.15) is 40.2 Å². The van der Waals surface area contributed by atoms with Crippen molar-refractivity contribution in [2.45, 2.75) is 154 Å². The molecule has 18 aromatic carbocycles. The van der Waals surface area contributed by atoms with Crippen LogP contribution in [-0.2, 0) is 60.4 Å². The number of hydrogen-bond acceptors (Lipinski definition) is 11. The van der Waals surface area contributed by atoms with Gasteiger partial charge in [-0.2, -0.15) is 0 Å². The van der Waals surface area contributed by atoms with Gasteiger partial charge in [0.05, 0.1) is 66.5 Å². The van der Waals surface area contributed by atoms with Crippen LogP contribution >= 0.6 is 20.9 Å². The van der Waals surface area contributed by atoms with Gasteiger partial charge in [-0.25, -0.2) is 0 Å². The van der Waals surface area contributed by atoms with Crippen molar-refractivity contribution in [3.8, 4) is 50.0 Å². The average molecular weight is 1960 g/mol. The first-order chi connectivity index (χ1) is 68.0. The molecule has 11 nitrogen and oxygen atoms in total. The number of hydrogen-bond donors (Lipinski definition) is 11. The molecule has 0 spiro atoms. The van der Waals surface area contributed by atoms with E-state index in [0.717, 1.165) is 108 Å². The number of aliphatic hydroxyl groups is 4. The zero-order chi connectivity index (χ0) is 97.3. The van der Waals surface area contributed by atoms with Gasteiger partial charge in [0, 0.05) is 54.6 Å². The summed E-state index contributed by atoms with van der Waals surface area (Å²) in [6, 6.07) is 150. The number of rotatable bonds is 18. The molecule has 2 aromatic heterocycles. The maximum Gasteiger partial charge on any atom is 0.187 e. The minimum absolute atomic E-state index is 0.0437. The summed E-state index contributed by atoms with van der Waals surface area (Å²) in [6.07, 6.45) is 7.04. The highest BCUT2D eigenvalue weighted by molar-refractivity contribution is 7.98. The Labute approximate surface area is 835 Å². The van der Waals surface area contributed by atoms with Crippen LogP contribution in [0.3, 0.4) is 0 Å². The Bertz CT molecular complexity index is 6910. The molecule has 2 saturated carbocycles. The fraction of sp³-hybridized carbons (Fsp3) is 0.122. The smallest absolute Gasteiger partial charge is 0.187 e. The Balaban J connectivity index is 0.000000117. The summed E-state index contributed by atoms with van der Waals surface area (Å²) in [5.41, 5.74) is 1.54. The van der Waals surface area contributed by atoms with Gasteiger partial charge in [0.15, 0.2) is 87.3 Å². The van der Waals surface area contributed by atoms with Gasteiger partial charge < -0.3 is 56.2 Å². The quantitative estimate of drug-likeness (QED) is 0.0363. The van der Waals surface area contributed by atoms with E-state index in [2.05, 4.69) is 224 Å². The number of aliphatic hydroxyl groups excluding tert-OH is 1. The first-order valence-corrected chi connectivity index (χ1v) is 54.1. The summed E-state index contributed by atoms with van der Waals surface area (Å²) in [6.45, 7) is 5.45. The van der Waals surface area contributed by atoms with E-state index in [1.54, 1.807) is 91.9 Å². The summed E-state index contributed by atoms with van der Waals surface area (Å²) in [4.78, 5) is 16.4. The minimum atomic E-state index is -0.798. The summed E-state index contributed by atoms with van der Waals surface area (Å²) < 4.78 is 5.58. The number of thiophene rings is 2. The van der Waals surface area contributed by atoms with Crippen molar-refractivity contribution in [3.05, 3.63) is 477 Å². The predicted molar refractivity (Wildman–Crippen MR) is 579 cm³/mol. The molecular weight excluding hydrogens is 1850 g/mol. The SMILES string of the molecule is CC(C)(O)c1ccc(-[s+]2c3ccccc3c3ccccc32)cc1.CC(O)c1ccc(-[s+]2c3ccccc3c3ccccc32)cc1.OC1(c2cc([S+](c3ccccc3)c3ccccc3)cc(C3(O)CCCC3)c2)CCCC1.Oc1ccc([S+](c2ccc(O)cc2)c2ccc(O)cc2)cc1.Oc1ccc([S+](c2ccccc2)c2ccc(O)cc2)cc1.Oc1ccc([S+](c2ccccc2)c2ccc(O)cc2)cc1. The summed E-state index contributed by atoms with van der Waals surface area (Å²) in [7, 11) is -1.27. The molecule has 11 N–H and O–H groups in total. The van der Waals surface area contributed by atoms with Gasteiger partial charge in [0.25, 0.3) is 0 Å². The molecular formula is C123H112O11S6+6. The third-order valence-corrected chi connectivity index (χ3v) is 38.5. The Morgan fingerprint density at radius 3 is 0.664 bits per heavy atom. The van der Waals surface area contributed by atoms with Crippen molar-refractivity contribution in [1.29, 1.82) is 0 Å². The number of fused-ring (bicyclic) bond motifs is 6. The highest BCUT2D eigenvalue weighted by Crippen LogP contribution is 2.52. The van der Waals surface area contributed by atoms with Gasteiger partial charge in [-0.3, -0.25) is 0 Å². The Kier molecular flexibility index (Phi) is 31.5. The lowest BCUT2D eigenvalue weighted by Crippen LogP contribution is -2.26. The first-order valence-electron chi connectivity index (χ1n) is 46.8. The standard InChI is InChI=1S/C28H31O2S.C21H19OS.C20H17OS.C18H14O3S.2C18H14O2S/c29-27(15-7-8-16-27)22-19-23(28(30)17-9-10-18-28)21-26(20-22)31(24-11-3-1-4-12-24)25-13-5-2-6-14-25;1-21(2,22)15-11-13-16(14-12-15)23-19-9-5-3-7-17(19)18-8-4-6-10-20(18)23;1-14(21)15-10-12-16(13-11-15)22-19-8-4-2-6-17(19)18-7-3-5-9-20(18)22;19-13-1-7-16(8-2-13)22(17-9-3-14(20)4-10-17)18-11-5-15(21)6-12-18;2*19-14-6-10-17(11-7-14)21(16-4-2-1-3-5-16)18-12-8-15(20)9-13-18/h1-6,11-14,19-21,29-30H,7-10,15-18H2;3-14,22H,1-2H3;2-14,21H,1H3;1-12H,(H2-,19,20,21);2*1-13H,(H-,19,20)/q3*+1;;;/p+3. The maximum atomic E-state index is 11.5. The molecule has 20 aromatic rings. The van der Waals surface area contributed by atoms with Gasteiger partial charge in [0.2, 0.25) is 0 Å². The zero-order valence-electron chi connectivity index (χ0n) is 77.9. The molecule has 2 fully saturated rings. The molecule has 1 atom stereocenters. The van der Waals surface area contributed by atoms with E-state index in [9.17, 15) is 56.2 Å². The fourth-order valence-electron chi connectivity index (χ4n) is 17.8. The molecule has 2 heterocycles. The summed E-state index contributed by atoms with van der Waals surface area (Å²) >= 11 is 0. The van der Waals surface area contributed by atoms with E-state index in [1.807, 2.05) is 159 Å². The number of aromatic hydroxyl groups is 7. The fourth-order valence-corrected chi connectivity index (χ4v) is 30.9. The Morgan fingerprint density at radius 1 is 0.243 bits per heavy atom. The molecule has 140 heavy (non-hydrogen) atoms. The highest BCUT2D eigenvalue weighted by atomic mass is 32.2. The van der Waals surface area contributed by atoms with Gasteiger partial charge in [-0.15, -0.1) is 0 Å². The second-order valence-corrected chi connectivity index (χ2v) is 47.1. The van der Waals surface area contributed by atoms with Gasteiger partial charge in [-0.1, -0.05) is 171 Å². The van der Waals surface area contributed by atoms with Crippen LogP contribution in [0.4, 0.5) is 0 Å². The van der Waals surface area contributed by atoms with E-state index >= 15 is 0 Å². The van der Waals surface area contributed by atoms with Gasteiger partial charge in [-0.05, 0) is 366 Å². The number of benzene rings is 18. The predicted octanol–water partition coefficient (Wildman–Crippen LogP) is 30.3. The average Bonchev–Trinajstić information content (AvgIpc) is 1.59. The van der Waals surface area contributed by atoms with Crippen molar-refractivity contribution in [2.24, 2.45) is 0 Å². The van der Waals surface area contributed by atoms with Crippen LogP contribution in [0, 0.1) is 0 Å². The lowest BCUT2D eigenvalue weighted by Gasteiger charge is -2.28. The van der Waals surface area contributed by atoms with Crippen LogP contribution in [-0.4, -0.2) is 56.2 Å². The van der Waals surface area contributed by atoms with Gasteiger partial charge >= 0.3 is 0 Å². The van der Waals surface area contributed by atoms with Crippen LogP contribution in [0.25, 0.3) is 50.1 Å². The number of phenolic OH excluding ortho intramolecular Hbond substituents is 7. The molecule has 0 amide bonds. The Morgan fingerprint density at radius 2 is 0.443 bits per heavy atom. The molecule has 1 unspecified atom stereocenters. The molecule has 2 aliphatic carbocycles. The van der Waals surface area contributed by atoms with E-state index in [0.29, 0.717) is 0 Å². The second kappa shape index (κ2) is 45.0. The Hall–Kier alpha value is -13.8. The van der Waals surface area contributed by atoms with Crippen LogP contribution < -0.4 is 0 Å². The third kappa shape index (κ3) is 23.4. The van der Waals surface area contributed by atoms with E-state index in [-0.39, 0.29) is 105 Å². The van der Waals surface area contributed by atoms with Crippen molar-refractivity contribution in [1.82, 2.24) is 0 Å². The molecule has 0 aliphatic heterocycles. The molecule has 700 valence electrons. The molecule has 22 rings (SSSR count). The maximum absolute atomic E-state index is 11.5. The van der Waals surface area contributed by atoms with Crippen molar-refractivity contribution in [2.75, 3.05) is 0 Å². The van der Waals surface area contributed by atoms with Crippen LogP contribution in [0.15, 0.2) is 514 Å². The minimum Gasteiger partial charge on any atom is -0.508 e. The number of phenols is 7. The van der Waals surface area contributed by atoms with E-state index in [4.69, 9.17) is 0 Å². The van der Waals surface area contributed by atoms with Crippen LogP contribution in [0.5, 0.6) is 40.2 Å². The molecule has 0 saturated heterocycles. The topological polar surface area (TPSA) is 223 Å². The second-order valence-electron chi connectivity index (χ2n) is 35.1. The largest absolute Gasteiger partial charge is 0.508 e. The van der Waals surface area contributed by atoms with E-state index in [1.165, 1.54) is 74.6 Å². The van der Waals surface area contributed by atoms with E-state index < -0.39 is 22.9 Å². The zero-order valence-corrected chi connectivity index (χ0v) is 82.8. The molecule has 0 radical (unpaired) electrons. The normalized spacial score (nSPS) is 13.3. The molecule has 2 aliphatic rings. The van der Waals surface area contributed by atoms with Crippen molar-refractivity contribution < 1.29 is 56.2 Å². The van der Waals surface area contributed by atoms with Crippen molar-refractivity contribution >= 4 is 105 Å². The third-order valence-electron chi connectivity index (χ3n) is 24.9. The molecule has 0 bridgehead atoms. The lowest BCUT2D eigenvalue weighted by molar-refractivity contribution is 0.0372.